The Bertz CT molecular complexity index is 1000. The van der Waals surface area contributed by atoms with Gasteiger partial charge >= 0.3 is 0 Å². The Hall–Kier alpha value is -4.04. The van der Waals surface area contributed by atoms with Gasteiger partial charge in [-0.05, 0) is 53.6 Å². The van der Waals surface area contributed by atoms with E-state index in [2.05, 4.69) is 5.32 Å². The highest BCUT2D eigenvalue weighted by molar-refractivity contribution is 6.09. The highest BCUT2D eigenvalue weighted by Crippen LogP contribution is 2.18. The van der Waals surface area contributed by atoms with E-state index in [1.54, 1.807) is 36.4 Å². The average Bonchev–Trinajstić information content (AvgIpc) is 2.73. The lowest BCUT2D eigenvalue weighted by atomic mass is 10.1. The molecule has 5 nitrogen and oxygen atoms in total. The van der Waals surface area contributed by atoms with Crippen LogP contribution in [0.1, 0.15) is 11.1 Å². The van der Waals surface area contributed by atoms with Crippen LogP contribution in [-0.2, 0) is 11.4 Å². The van der Waals surface area contributed by atoms with Crippen molar-refractivity contribution in [3.63, 3.8) is 0 Å². The fourth-order valence-electron chi connectivity index (χ4n) is 2.46. The Balaban J connectivity index is 1.61. The number of ether oxygens (including phenoxy) is 1. The molecular formula is C23H18N2O3. The van der Waals surface area contributed by atoms with E-state index in [-0.39, 0.29) is 11.3 Å². The Kier molecular flexibility index (Phi) is 6.06. The first-order chi connectivity index (χ1) is 13.6. The molecule has 0 saturated heterocycles. The molecule has 1 amide bonds. The van der Waals surface area contributed by atoms with Gasteiger partial charge in [-0.2, -0.15) is 5.26 Å². The molecule has 0 aliphatic heterocycles. The van der Waals surface area contributed by atoms with Crippen LogP contribution in [0.4, 0.5) is 5.69 Å². The Morgan fingerprint density at radius 3 is 2.32 bits per heavy atom. The first-order valence-corrected chi connectivity index (χ1v) is 8.63. The standard InChI is InChI=1S/C23H18N2O3/c24-15-19(14-17-6-10-21(26)11-7-17)23(27)25-20-8-12-22(13-9-20)28-16-18-4-2-1-3-5-18/h1-14,26H,16H2,(H,25,27)/b19-14+. The molecule has 28 heavy (non-hydrogen) atoms. The summed E-state index contributed by atoms with van der Waals surface area (Å²) in [6.45, 7) is 0.459. The summed E-state index contributed by atoms with van der Waals surface area (Å²) < 4.78 is 5.71. The second-order valence-corrected chi connectivity index (χ2v) is 6.01. The van der Waals surface area contributed by atoms with Crippen LogP contribution in [0.15, 0.2) is 84.4 Å². The number of aromatic hydroxyl groups is 1. The van der Waals surface area contributed by atoms with Gasteiger partial charge in [0.1, 0.15) is 29.7 Å². The fourth-order valence-corrected chi connectivity index (χ4v) is 2.46. The molecule has 138 valence electrons. The Morgan fingerprint density at radius 1 is 1.00 bits per heavy atom. The maximum atomic E-state index is 12.3. The molecule has 3 aromatic rings. The summed E-state index contributed by atoms with van der Waals surface area (Å²) in [6.07, 6.45) is 1.46. The van der Waals surface area contributed by atoms with Crippen LogP contribution in [0.3, 0.4) is 0 Å². The lowest BCUT2D eigenvalue weighted by Crippen LogP contribution is -2.13. The van der Waals surface area contributed by atoms with Crippen LogP contribution in [0, 0.1) is 11.3 Å². The predicted octanol–water partition coefficient (Wildman–Crippen LogP) is 4.52. The molecule has 3 aromatic carbocycles. The zero-order chi connectivity index (χ0) is 19.8. The minimum Gasteiger partial charge on any atom is -0.508 e. The molecule has 2 N–H and O–H groups in total. The smallest absolute Gasteiger partial charge is 0.266 e. The van der Waals surface area contributed by atoms with Gasteiger partial charge in [0, 0.05) is 5.69 Å². The number of nitriles is 1. The monoisotopic (exact) mass is 370 g/mol. The molecule has 5 heteroatoms. The first-order valence-electron chi connectivity index (χ1n) is 8.63. The summed E-state index contributed by atoms with van der Waals surface area (Å²) >= 11 is 0. The molecule has 0 bridgehead atoms. The number of phenolic OH excluding ortho intramolecular Hbond substituents is 1. The van der Waals surface area contributed by atoms with Gasteiger partial charge in [-0.1, -0.05) is 42.5 Å². The van der Waals surface area contributed by atoms with Gasteiger partial charge < -0.3 is 15.2 Å². The summed E-state index contributed by atoms with van der Waals surface area (Å²) in [5.41, 5.74) is 2.24. The Labute approximate surface area is 163 Å². The van der Waals surface area contributed by atoms with Crippen LogP contribution in [0.2, 0.25) is 0 Å². The quantitative estimate of drug-likeness (QED) is 0.494. The van der Waals surface area contributed by atoms with Crippen LogP contribution < -0.4 is 10.1 Å². The van der Waals surface area contributed by atoms with Crippen LogP contribution in [0.25, 0.3) is 6.08 Å². The van der Waals surface area contributed by atoms with Gasteiger partial charge in [0.15, 0.2) is 0 Å². The van der Waals surface area contributed by atoms with Gasteiger partial charge in [0.25, 0.3) is 5.91 Å². The summed E-state index contributed by atoms with van der Waals surface area (Å²) in [6, 6.07) is 24.9. The van der Waals surface area contributed by atoms with E-state index in [1.807, 2.05) is 36.4 Å². The van der Waals surface area contributed by atoms with Gasteiger partial charge in [-0.15, -0.1) is 0 Å². The maximum Gasteiger partial charge on any atom is 0.266 e. The molecule has 3 rings (SSSR count). The third-order valence-electron chi connectivity index (χ3n) is 3.93. The molecule has 0 saturated carbocycles. The van der Waals surface area contributed by atoms with Gasteiger partial charge in [0.05, 0.1) is 0 Å². The molecule has 0 spiro atoms. The van der Waals surface area contributed by atoms with Crippen molar-refractivity contribution in [2.24, 2.45) is 0 Å². The number of carbonyl (C=O) groups is 1. The number of anilines is 1. The minimum absolute atomic E-state index is 0.0323. The van der Waals surface area contributed by atoms with Gasteiger partial charge in [-0.3, -0.25) is 4.79 Å². The molecule has 0 atom stereocenters. The van der Waals surface area contributed by atoms with Crippen molar-refractivity contribution >= 4 is 17.7 Å². The molecule has 0 aromatic heterocycles. The number of benzene rings is 3. The minimum atomic E-state index is -0.506. The van der Waals surface area contributed by atoms with Crippen molar-refractivity contribution in [1.29, 1.82) is 5.26 Å². The van der Waals surface area contributed by atoms with Crippen molar-refractivity contribution in [2.45, 2.75) is 6.61 Å². The normalized spacial score (nSPS) is 10.8. The lowest BCUT2D eigenvalue weighted by Gasteiger charge is -2.08. The number of phenols is 1. The van der Waals surface area contributed by atoms with E-state index >= 15 is 0 Å². The maximum absolute atomic E-state index is 12.3. The molecular weight excluding hydrogens is 352 g/mol. The predicted molar refractivity (Wildman–Crippen MR) is 108 cm³/mol. The largest absolute Gasteiger partial charge is 0.508 e. The summed E-state index contributed by atoms with van der Waals surface area (Å²) in [5, 5.41) is 21.3. The SMILES string of the molecule is N#C/C(=C\c1ccc(O)cc1)C(=O)Nc1ccc(OCc2ccccc2)cc1. The van der Waals surface area contributed by atoms with E-state index in [0.717, 1.165) is 5.56 Å². The highest BCUT2D eigenvalue weighted by Gasteiger charge is 2.09. The van der Waals surface area contributed by atoms with Crippen LogP contribution in [0.5, 0.6) is 11.5 Å². The van der Waals surface area contributed by atoms with Crippen molar-refractivity contribution in [1.82, 2.24) is 0 Å². The number of hydrogen-bond acceptors (Lipinski definition) is 4. The van der Waals surface area contributed by atoms with Crippen molar-refractivity contribution in [3.05, 3.63) is 95.6 Å². The van der Waals surface area contributed by atoms with E-state index in [9.17, 15) is 15.2 Å². The zero-order valence-electron chi connectivity index (χ0n) is 15.0. The second-order valence-electron chi connectivity index (χ2n) is 6.01. The number of amides is 1. The number of hydrogen-bond donors (Lipinski definition) is 2. The topological polar surface area (TPSA) is 82.3 Å². The van der Waals surface area contributed by atoms with Crippen LogP contribution >= 0.6 is 0 Å². The molecule has 0 radical (unpaired) electrons. The van der Waals surface area contributed by atoms with Crippen LogP contribution in [-0.4, -0.2) is 11.0 Å². The molecule has 0 fully saturated rings. The van der Waals surface area contributed by atoms with Gasteiger partial charge in [-0.25, -0.2) is 0 Å². The summed E-state index contributed by atoms with van der Waals surface area (Å²) in [4.78, 5) is 12.3. The summed E-state index contributed by atoms with van der Waals surface area (Å²) in [7, 11) is 0. The van der Waals surface area contributed by atoms with E-state index in [1.165, 1.54) is 18.2 Å². The molecule has 0 unspecified atom stereocenters. The zero-order valence-corrected chi connectivity index (χ0v) is 15.0. The van der Waals surface area contributed by atoms with Crippen molar-refractivity contribution in [2.75, 3.05) is 5.32 Å². The summed E-state index contributed by atoms with van der Waals surface area (Å²) in [5.74, 6) is 0.296. The van der Waals surface area contributed by atoms with E-state index < -0.39 is 5.91 Å². The molecule has 0 aliphatic rings. The first kappa shape index (κ1) is 18.7. The average molecular weight is 370 g/mol. The van der Waals surface area contributed by atoms with E-state index in [4.69, 9.17) is 4.74 Å². The van der Waals surface area contributed by atoms with Crippen molar-refractivity contribution in [3.8, 4) is 17.6 Å². The second kappa shape index (κ2) is 9.06. The lowest BCUT2D eigenvalue weighted by molar-refractivity contribution is -0.112. The molecule has 0 heterocycles. The number of carbonyl (C=O) groups excluding carboxylic acids is 1. The molecule has 0 aliphatic carbocycles. The number of rotatable bonds is 6. The fraction of sp³-hybridized carbons (Fsp3) is 0.0435. The number of nitrogens with one attached hydrogen (secondary N) is 1. The van der Waals surface area contributed by atoms with Crippen molar-refractivity contribution < 1.29 is 14.6 Å². The number of nitrogens with zero attached hydrogens (tertiary/aromatic N) is 1. The third-order valence-corrected chi connectivity index (χ3v) is 3.93. The van der Waals surface area contributed by atoms with Gasteiger partial charge in [0.2, 0.25) is 0 Å². The highest BCUT2D eigenvalue weighted by atomic mass is 16.5. The Morgan fingerprint density at radius 2 is 1.68 bits per heavy atom. The van der Waals surface area contributed by atoms with E-state index in [0.29, 0.717) is 23.6 Å². The third kappa shape index (κ3) is 5.23.